The first-order valence-electron chi connectivity index (χ1n) is 5.33. The Morgan fingerprint density at radius 2 is 2.13 bits per heavy atom. The van der Waals surface area contributed by atoms with Gasteiger partial charge in [-0.3, -0.25) is 4.79 Å². The van der Waals surface area contributed by atoms with E-state index in [9.17, 15) is 9.59 Å². The van der Waals surface area contributed by atoms with Crippen LogP contribution in [0.2, 0.25) is 0 Å². The zero-order valence-electron chi connectivity index (χ0n) is 9.03. The van der Waals surface area contributed by atoms with Crippen LogP contribution in [0.25, 0.3) is 0 Å². The molecule has 0 saturated heterocycles. The van der Waals surface area contributed by atoms with Crippen molar-refractivity contribution >= 4 is 12.0 Å². The predicted molar refractivity (Wildman–Crippen MR) is 55.7 cm³/mol. The number of nitrogens with zero attached hydrogens (tertiary/aromatic N) is 1. The molecule has 0 heterocycles. The number of carboxylic acids is 1. The van der Waals surface area contributed by atoms with Gasteiger partial charge in [0, 0.05) is 26.1 Å². The summed E-state index contributed by atoms with van der Waals surface area (Å²) in [4.78, 5) is 23.4. The van der Waals surface area contributed by atoms with Gasteiger partial charge < -0.3 is 15.3 Å². The van der Waals surface area contributed by atoms with Gasteiger partial charge in [-0.25, -0.2) is 4.79 Å². The number of urea groups is 1. The van der Waals surface area contributed by atoms with Gasteiger partial charge in [0.2, 0.25) is 0 Å². The molecule has 1 aliphatic carbocycles. The second-order valence-electron chi connectivity index (χ2n) is 3.92. The average Bonchev–Trinajstić information content (AvgIpc) is 2.08. The topological polar surface area (TPSA) is 69.6 Å². The minimum absolute atomic E-state index is 0.0925. The van der Waals surface area contributed by atoms with E-state index < -0.39 is 5.97 Å². The third-order valence-corrected chi connectivity index (χ3v) is 2.79. The number of hydrogen-bond acceptors (Lipinski definition) is 2. The summed E-state index contributed by atoms with van der Waals surface area (Å²) in [7, 11) is 1.79. The molecule has 1 saturated carbocycles. The molecule has 0 radical (unpaired) electrons. The Hall–Kier alpha value is -1.26. The summed E-state index contributed by atoms with van der Waals surface area (Å²) in [6.07, 6.45) is 3.95. The molecule has 0 spiro atoms. The Morgan fingerprint density at radius 3 is 2.60 bits per heavy atom. The lowest BCUT2D eigenvalue weighted by atomic mass is 9.92. The Kier molecular flexibility index (Phi) is 4.39. The van der Waals surface area contributed by atoms with Crippen LogP contribution in [0, 0.1) is 0 Å². The Labute approximate surface area is 89.4 Å². The SMILES string of the molecule is CN(C(=O)NCCCC(=O)O)C1CCC1. The zero-order valence-corrected chi connectivity index (χ0v) is 9.03. The van der Waals surface area contributed by atoms with E-state index in [1.54, 1.807) is 11.9 Å². The third-order valence-electron chi connectivity index (χ3n) is 2.79. The van der Waals surface area contributed by atoms with Crippen molar-refractivity contribution in [3.8, 4) is 0 Å². The first kappa shape index (κ1) is 11.8. The second-order valence-corrected chi connectivity index (χ2v) is 3.92. The first-order valence-corrected chi connectivity index (χ1v) is 5.33. The molecule has 0 atom stereocenters. The molecule has 86 valence electrons. The van der Waals surface area contributed by atoms with E-state index >= 15 is 0 Å². The molecule has 2 N–H and O–H groups in total. The van der Waals surface area contributed by atoms with Crippen LogP contribution in [-0.2, 0) is 4.79 Å². The van der Waals surface area contributed by atoms with Crippen LogP contribution in [0.5, 0.6) is 0 Å². The molecule has 0 aromatic rings. The molecule has 1 rings (SSSR count). The van der Waals surface area contributed by atoms with Gasteiger partial charge in [0.25, 0.3) is 0 Å². The van der Waals surface area contributed by atoms with Crippen LogP contribution in [0.15, 0.2) is 0 Å². The summed E-state index contributed by atoms with van der Waals surface area (Å²) in [6.45, 7) is 0.433. The molecule has 1 aliphatic rings. The van der Waals surface area contributed by atoms with E-state index in [1.165, 1.54) is 6.42 Å². The van der Waals surface area contributed by atoms with Crippen LogP contribution >= 0.6 is 0 Å². The van der Waals surface area contributed by atoms with Crippen LogP contribution in [-0.4, -0.2) is 41.6 Å². The van der Waals surface area contributed by atoms with Crippen LogP contribution in [0.1, 0.15) is 32.1 Å². The van der Waals surface area contributed by atoms with Gasteiger partial charge in [0.05, 0.1) is 0 Å². The van der Waals surface area contributed by atoms with Crippen molar-refractivity contribution in [1.29, 1.82) is 0 Å². The number of rotatable bonds is 5. The maximum Gasteiger partial charge on any atom is 0.317 e. The number of amides is 2. The van der Waals surface area contributed by atoms with Crippen molar-refractivity contribution < 1.29 is 14.7 Å². The molecular weight excluding hydrogens is 196 g/mol. The maximum atomic E-state index is 11.5. The van der Waals surface area contributed by atoms with Crippen molar-refractivity contribution in [2.45, 2.75) is 38.1 Å². The second kappa shape index (κ2) is 5.58. The average molecular weight is 214 g/mol. The van der Waals surface area contributed by atoms with Crippen molar-refractivity contribution in [2.24, 2.45) is 0 Å². The number of carboxylic acid groups (broad SMARTS) is 1. The highest BCUT2D eigenvalue weighted by atomic mass is 16.4. The maximum absolute atomic E-state index is 11.5. The number of aliphatic carboxylic acids is 1. The molecule has 0 aromatic carbocycles. The Bertz CT molecular complexity index is 239. The fourth-order valence-electron chi connectivity index (χ4n) is 1.50. The van der Waals surface area contributed by atoms with Crippen molar-refractivity contribution in [3.05, 3.63) is 0 Å². The van der Waals surface area contributed by atoms with Crippen molar-refractivity contribution in [3.63, 3.8) is 0 Å². The van der Waals surface area contributed by atoms with E-state index in [2.05, 4.69) is 5.32 Å². The van der Waals surface area contributed by atoms with Crippen LogP contribution in [0.4, 0.5) is 4.79 Å². The fraction of sp³-hybridized carbons (Fsp3) is 0.800. The fourth-order valence-corrected chi connectivity index (χ4v) is 1.50. The number of nitrogens with one attached hydrogen (secondary N) is 1. The first-order chi connectivity index (χ1) is 7.11. The van der Waals surface area contributed by atoms with Gasteiger partial charge in [0.15, 0.2) is 0 Å². The quantitative estimate of drug-likeness (QED) is 0.672. The predicted octanol–water partition coefficient (Wildman–Crippen LogP) is 1.05. The van der Waals surface area contributed by atoms with E-state index in [0.29, 0.717) is 19.0 Å². The van der Waals surface area contributed by atoms with Gasteiger partial charge in [-0.1, -0.05) is 0 Å². The molecule has 0 bridgehead atoms. The van der Waals surface area contributed by atoms with E-state index in [-0.39, 0.29) is 12.5 Å². The number of hydrogen-bond donors (Lipinski definition) is 2. The van der Waals surface area contributed by atoms with E-state index in [4.69, 9.17) is 5.11 Å². The molecule has 2 amide bonds. The normalized spacial score (nSPS) is 15.5. The van der Waals surface area contributed by atoms with Crippen molar-refractivity contribution in [2.75, 3.05) is 13.6 Å². The summed E-state index contributed by atoms with van der Waals surface area (Å²) in [5.41, 5.74) is 0. The lowest BCUT2D eigenvalue weighted by molar-refractivity contribution is -0.137. The smallest absolute Gasteiger partial charge is 0.317 e. The number of carbonyl (C=O) groups is 2. The Morgan fingerprint density at radius 1 is 1.47 bits per heavy atom. The molecule has 15 heavy (non-hydrogen) atoms. The number of carbonyl (C=O) groups excluding carboxylic acids is 1. The minimum atomic E-state index is -0.823. The highest BCUT2D eigenvalue weighted by Gasteiger charge is 2.25. The molecule has 0 unspecified atom stereocenters. The van der Waals surface area contributed by atoms with Gasteiger partial charge in [-0.05, 0) is 25.7 Å². The highest BCUT2D eigenvalue weighted by molar-refractivity contribution is 5.74. The minimum Gasteiger partial charge on any atom is -0.481 e. The zero-order chi connectivity index (χ0) is 11.3. The monoisotopic (exact) mass is 214 g/mol. The van der Waals surface area contributed by atoms with Crippen LogP contribution < -0.4 is 5.32 Å². The molecule has 5 heteroatoms. The standard InChI is InChI=1S/C10H18N2O3/c1-12(8-4-2-5-8)10(15)11-7-3-6-9(13)14/h8H,2-7H2,1H3,(H,11,15)(H,13,14). The summed E-state index contributed by atoms with van der Waals surface area (Å²) in [5, 5.41) is 11.1. The largest absolute Gasteiger partial charge is 0.481 e. The lowest BCUT2D eigenvalue weighted by Crippen LogP contribution is -2.46. The van der Waals surface area contributed by atoms with E-state index in [0.717, 1.165) is 12.8 Å². The molecule has 5 nitrogen and oxygen atoms in total. The molecule has 0 aromatic heterocycles. The van der Waals surface area contributed by atoms with Gasteiger partial charge >= 0.3 is 12.0 Å². The lowest BCUT2D eigenvalue weighted by Gasteiger charge is -2.34. The summed E-state index contributed by atoms with van der Waals surface area (Å²) < 4.78 is 0. The van der Waals surface area contributed by atoms with Gasteiger partial charge in [-0.2, -0.15) is 0 Å². The molecule has 1 fully saturated rings. The molecular formula is C10H18N2O3. The highest BCUT2D eigenvalue weighted by Crippen LogP contribution is 2.23. The van der Waals surface area contributed by atoms with Crippen LogP contribution in [0.3, 0.4) is 0 Å². The summed E-state index contributed by atoms with van der Waals surface area (Å²) in [5.74, 6) is -0.823. The third kappa shape index (κ3) is 3.77. The van der Waals surface area contributed by atoms with Crippen molar-refractivity contribution in [1.82, 2.24) is 10.2 Å². The Balaban J connectivity index is 2.09. The summed E-state index contributed by atoms with van der Waals surface area (Å²) >= 11 is 0. The van der Waals surface area contributed by atoms with Gasteiger partial charge in [-0.15, -0.1) is 0 Å². The summed E-state index contributed by atoms with van der Waals surface area (Å²) in [6, 6.07) is 0.287. The molecule has 0 aliphatic heterocycles. The van der Waals surface area contributed by atoms with E-state index in [1.807, 2.05) is 0 Å². The van der Waals surface area contributed by atoms with Gasteiger partial charge in [0.1, 0.15) is 0 Å².